The molecule has 7 heteroatoms. The summed E-state index contributed by atoms with van der Waals surface area (Å²) in [7, 11) is 0. The molecule has 6 nitrogen and oxygen atoms in total. The van der Waals surface area contributed by atoms with Crippen LogP contribution in [0.5, 0.6) is 0 Å². The zero-order valence-corrected chi connectivity index (χ0v) is 16.6. The van der Waals surface area contributed by atoms with Gasteiger partial charge in [0.2, 0.25) is 12.0 Å². The van der Waals surface area contributed by atoms with Gasteiger partial charge in [-0.05, 0) is 24.5 Å². The average molecular weight is 409 g/mol. The molecule has 0 aliphatic carbocycles. The molecule has 2 amide bonds. The number of likely N-dealkylation sites (tertiary alicyclic amines) is 1. The van der Waals surface area contributed by atoms with Crippen molar-refractivity contribution in [3.8, 4) is 0 Å². The highest BCUT2D eigenvalue weighted by molar-refractivity contribution is 6.04. The Balaban J connectivity index is 1.44. The van der Waals surface area contributed by atoms with Crippen LogP contribution < -0.4 is 5.32 Å². The van der Waals surface area contributed by atoms with Gasteiger partial charge in [-0.1, -0.05) is 53.7 Å². The van der Waals surface area contributed by atoms with E-state index in [0.717, 1.165) is 18.4 Å². The number of oxime groups is 1. The predicted molar refractivity (Wildman–Crippen MR) is 110 cm³/mol. The van der Waals surface area contributed by atoms with Crippen molar-refractivity contribution in [2.24, 2.45) is 5.16 Å². The van der Waals surface area contributed by atoms with E-state index < -0.39 is 23.9 Å². The topological polar surface area (TPSA) is 71.0 Å². The van der Waals surface area contributed by atoms with E-state index in [1.54, 1.807) is 23.1 Å². The minimum absolute atomic E-state index is 0.0852. The van der Waals surface area contributed by atoms with E-state index in [1.165, 1.54) is 6.07 Å². The van der Waals surface area contributed by atoms with Crippen molar-refractivity contribution in [1.29, 1.82) is 0 Å². The van der Waals surface area contributed by atoms with Gasteiger partial charge in [0.15, 0.2) is 0 Å². The standard InChI is InChI=1S/C23H24FN3O3/c24-18-11-5-4-10-17(18)19-15-21(30-26-19)22(28)25-20(14-16-8-2-1-3-9-16)23(29)27-12-6-7-13-27/h1-5,8-11,20-21H,6-7,12-15H2,(H,25,28). The Kier molecular flexibility index (Phi) is 6.07. The third-order valence-electron chi connectivity index (χ3n) is 5.46. The Morgan fingerprint density at radius 1 is 1.10 bits per heavy atom. The first-order chi connectivity index (χ1) is 14.6. The van der Waals surface area contributed by atoms with Crippen molar-refractivity contribution < 1.29 is 18.8 Å². The molecule has 156 valence electrons. The number of halogens is 1. The molecule has 30 heavy (non-hydrogen) atoms. The summed E-state index contributed by atoms with van der Waals surface area (Å²) >= 11 is 0. The lowest BCUT2D eigenvalue weighted by atomic mass is 10.0. The molecule has 0 saturated carbocycles. The number of amides is 2. The quantitative estimate of drug-likeness (QED) is 0.798. The lowest BCUT2D eigenvalue weighted by Crippen LogP contribution is -2.51. The molecule has 0 bridgehead atoms. The van der Waals surface area contributed by atoms with Crippen LogP contribution in [-0.2, 0) is 20.8 Å². The Morgan fingerprint density at radius 3 is 2.53 bits per heavy atom. The van der Waals surface area contributed by atoms with Crippen LogP contribution in [0.3, 0.4) is 0 Å². The summed E-state index contributed by atoms with van der Waals surface area (Å²) in [5, 5.41) is 6.75. The highest BCUT2D eigenvalue weighted by Gasteiger charge is 2.34. The normalized spacial score (nSPS) is 19.2. The lowest BCUT2D eigenvalue weighted by molar-refractivity contribution is -0.139. The van der Waals surface area contributed by atoms with Crippen LogP contribution in [-0.4, -0.2) is 47.7 Å². The van der Waals surface area contributed by atoms with Gasteiger partial charge in [0.05, 0.1) is 5.71 Å². The summed E-state index contributed by atoms with van der Waals surface area (Å²) < 4.78 is 14.0. The largest absolute Gasteiger partial charge is 0.382 e. The third kappa shape index (κ3) is 4.50. The van der Waals surface area contributed by atoms with E-state index >= 15 is 0 Å². The maximum atomic E-state index is 14.0. The molecule has 1 N–H and O–H groups in total. The second-order valence-corrected chi connectivity index (χ2v) is 7.60. The maximum Gasteiger partial charge on any atom is 0.265 e. The molecule has 2 aliphatic heterocycles. The molecule has 0 aromatic heterocycles. The van der Waals surface area contributed by atoms with Gasteiger partial charge in [-0.15, -0.1) is 0 Å². The van der Waals surface area contributed by atoms with Crippen LogP contribution in [0, 0.1) is 5.82 Å². The highest BCUT2D eigenvalue weighted by atomic mass is 19.1. The number of rotatable bonds is 6. The molecule has 1 fully saturated rings. The van der Waals surface area contributed by atoms with Crippen LogP contribution in [0.25, 0.3) is 0 Å². The number of carbonyl (C=O) groups is 2. The first-order valence-electron chi connectivity index (χ1n) is 10.2. The molecule has 2 heterocycles. The first-order valence-corrected chi connectivity index (χ1v) is 10.2. The van der Waals surface area contributed by atoms with Gasteiger partial charge in [0, 0.05) is 31.5 Å². The van der Waals surface area contributed by atoms with Crippen molar-refractivity contribution in [2.45, 2.75) is 37.8 Å². The summed E-state index contributed by atoms with van der Waals surface area (Å²) in [4.78, 5) is 32.9. The Bertz CT molecular complexity index is 942. The van der Waals surface area contributed by atoms with Crippen molar-refractivity contribution in [1.82, 2.24) is 10.2 Å². The summed E-state index contributed by atoms with van der Waals surface area (Å²) in [6, 6.07) is 15.2. The Hall–Kier alpha value is -3.22. The predicted octanol–water partition coefficient (Wildman–Crippen LogP) is 2.67. The van der Waals surface area contributed by atoms with Gasteiger partial charge >= 0.3 is 0 Å². The molecular weight excluding hydrogens is 385 g/mol. The van der Waals surface area contributed by atoms with Crippen LogP contribution in [0.2, 0.25) is 0 Å². The molecular formula is C23H24FN3O3. The number of nitrogens with zero attached hydrogens (tertiary/aromatic N) is 2. The number of carbonyl (C=O) groups excluding carboxylic acids is 2. The molecule has 1 saturated heterocycles. The number of hydrogen-bond acceptors (Lipinski definition) is 4. The molecule has 2 aromatic carbocycles. The number of hydrogen-bond donors (Lipinski definition) is 1. The maximum absolute atomic E-state index is 14.0. The molecule has 2 unspecified atom stereocenters. The summed E-state index contributed by atoms with van der Waals surface area (Å²) in [5.41, 5.74) is 1.67. The van der Waals surface area contributed by atoms with E-state index in [0.29, 0.717) is 30.8 Å². The minimum Gasteiger partial charge on any atom is -0.382 e. The first kappa shape index (κ1) is 20.1. The van der Waals surface area contributed by atoms with Crippen LogP contribution >= 0.6 is 0 Å². The van der Waals surface area contributed by atoms with Crippen LogP contribution in [0.1, 0.15) is 30.4 Å². The van der Waals surface area contributed by atoms with Gasteiger partial charge in [-0.3, -0.25) is 9.59 Å². The van der Waals surface area contributed by atoms with Crippen molar-refractivity contribution in [2.75, 3.05) is 13.1 Å². The monoisotopic (exact) mass is 409 g/mol. The lowest BCUT2D eigenvalue weighted by Gasteiger charge is -2.25. The van der Waals surface area contributed by atoms with E-state index in [9.17, 15) is 14.0 Å². The molecule has 4 rings (SSSR count). The molecule has 0 radical (unpaired) electrons. The Labute approximate surface area is 174 Å². The fourth-order valence-corrected chi connectivity index (χ4v) is 3.84. The SMILES string of the molecule is O=C(NC(Cc1ccccc1)C(=O)N1CCCC1)C1CC(c2ccccc2F)=NO1. The van der Waals surface area contributed by atoms with E-state index in [2.05, 4.69) is 10.5 Å². The summed E-state index contributed by atoms with van der Waals surface area (Å²) in [5.74, 6) is -0.913. The second-order valence-electron chi connectivity index (χ2n) is 7.60. The highest BCUT2D eigenvalue weighted by Crippen LogP contribution is 2.20. The van der Waals surface area contributed by atoms with E-state index in [-0.39, 0.29) is 12.3 Å². The number of nitrogens with one attached hydrogen (secondary N) is 1. The minimum atomic E-state index is -0.885. The second kappa shape index (κ2) is 9.07. The average Bonchev–Trinajstić information content (AvgIpc) is 3.46. The van der Waals surface area contributed by atoms with Gasteiger partial charge < -0.3 is 15.1 Å². The molecule has 2 atom stereocenters. The van der Waals surface area contributed by atoms with Crippen molar-refractivity contribution in [3.63, 3.8) is 0 Å². The molecule has 2 aromatic rings. The summed E-state index contributed by atoms with van der Waals surface area (Å²) in [6.45, 7) is 1.42. The van der Waals surface area contributed by atoms with Crippen LogP contribution in [0.4, 0.5) is 4.39 Å². The fraction of sp³-hybridized carbons (Fsp3) is 0.348. The molecule has 0 spiro atoms. The zero-order valence-electron chi connectivity index (χ0n) is 16.6. The van der Waals surface area contributed by atoms with Gasteiger partial charge in [-0.2, -0.15) is 0 Å². The summed E-state index contributed by atoms with van der Waals surface area (Å²) in [6.07, 6.45) is 1.62. The fourth-order valence-electron chi connectivity index (χ4n) is 3.84. The Morgan fingerprint density at radius 2 is 1.80 bits per heavy atom. The van der Waals surface area contributed by atoms with Gasteiger partial charge in [-0.25, -0.2) is 4.39 Å². The van der Waals surface area contributed by atoms with Crippen LogP contribution in [0.15, 0.2) is 59.8 Å². The van der Waals surface area contributed by atoms with Crippen molar-refractivity contribution in [3.05, 3.63) is 71.5 Å². The van der Waals surface area contributed by atoms with Gasteiger partial charge in [0.25, 0.3) is 5.91 Å². The van der Waals surface area contributed by atoms with Crippen molar-refractivity contribution >= 4 is 17.5 Å². The molecule has 2 aliphatic rings. The van der Waals surface area contributed by atoms with Gasteiger partial charge in [0.1, 0.15) is 11.9 Å². The van der Waals surface area contributed by atoms with E-state index in [4.69, 9.17) is 4.84 Å². The third-order valence-corrected chi connectivity index (χ3v) is 5.46. The van der Waals surface area contributed by atoms with E-state index in [1.807, 2.05) is 30.3 Å². The number of benzene rings is 2. The smallest absolute Gasteiger partial charge is 0.265 e. The zero-order chi connectivity index (χ0) is 20.9.